The van der Waals surface area contributed by atoms with Gasteiger partial charge in [0.2, 0.25) is 0 Å². The first-order valence-corrected chi connectivity index (χ1v) is 9.40. The summed E-state index contributed by atoms with van der Waals surface area (Å²) in [4.78, 5) is 4.23. The second kappa shape index (κ2) is 9.67. The molecule has 1 aromatic carbocycles. The number of aromatic nitrogens is 2. The molecule has 2 rings (SSSR count). The van der Waals surface area contributed by atoms with Crippen LogP contribution in [0.15, 0.2) is 29.3 Å². The molecule has 1 heterocycles. The Hall–Kier alpha value is -2.71. The summed E-state index contributed by atoms with van der Waals surface area (Å²) in [6, 6.07) is 6.03. The van der Waals surface area contributed by atoms with Crippen LogP contribution in [0.4, 0.5) is 13.2 Å². The van der Waals surface area contributed by atoms with Gasteiger partial charge in [0.25, 0.3) is 0 Å². The molecule has 0 aliphatic heterocycles. The molecule has 0 aliphatic carbocycles. The van der Waals surface area contributed by atoms with E-state index >= 15 is 0 Å². The summed E-state index contributed by atoms with van der Waals surface area (Å²) >= 11 is 0. The highest BCUT2D eigenvalue weighted by molar-refractivity contribution is 5.79. The van der Waals surface area contributed by atoms with E-state index in [2.05, 4.69) is 39.3 Å². The Morgan fingerprint density at radius 2 is 1.90 bits per heavy atom. The van der Waals surface area contributed by atoms with Gasteiger partial charge >= 0.3 is 6.36 Å². The number of guanidine groups is 1. The molecule has 9 heteroatoms. The lowest BCUT2D eigenvalue weighted by atomic mass is 10.1. The smallest absolute Gasteiger partial charge is 0.406 e. The Bertz CT molecular complexity index is 828. The summed E-state index contributed by atoms with van der Waals surface area (Å²) in [7, 11) is 3.64. The zero-order chi connectivity index (χ0) is 21.6. The number of benzene rings is 1. The standard InChI is InChI=1S/C20H28F3N5O/c1-13(12-18-14(2)27-28(5)15(18)3)26-19(24-4)25-11-10-16-6-8-17(9-7-16)29-20(21,22)23/h6-9,13H,10-12H2,1-5H3,(H2,24,25,26). The summed E-state index contributed by atoms with van der Waals surface area (Å²) in [5, 5.41) is 11.0. The molecule has 1 atom stereocenters. The number of nitrogens with one attached hydrogen (secondary N) is 2. The number of nitrogens with zero attached hydrogens (tertiary/aromatic N) is 3. The average Bonchev–Trinajstić information content (AvgIpc) is 2.87. The van der Waals surface area contributed by atoms with Crippen molar-refractivity contribution >= 4 is 5.96 Å². The molecule has 6 nitrogen and oxygen atoms in total. The van der Waals surface area contributed by atoms with Crippen molar-refractivity contribution in [3.05, 3.63) is 46.8 Å². The van der Waals surface area contributed by atoms with Gasteiger partial charge in [0.1, 0.15) is 5.75 Å². The second-order valence-electron chi connectivity index (χ2n) is 6.96. The topological polar surface area (TPSA) is 63.5 Å². The van der Waals surface area contributed by atoms with E-state index in [-0.39, 0.29) is 11.8 Å². The van der Waals surface area contributed by atoms with Crippen molar-refractivity contribution in [1.82, 2.24) is 20.4 Å². The molecule has 0 amide bonds. The summed E-state index contributed by atoms with van der Waals surface area (Å²) in [6.07, 6.45) is -3.21. The summed E-state index contributed by atoms with van der Waals surface area (Å²) in [6.45, 7) is 6.74. The number of ether oxygens (including phenoxy) is 1. The number of hydrogen-bond acceptors (Lipinski definition) is 3. The van der Waals surface area contributed by atoms with Crippen molar-refractivity contribution in [2.45, 2.75) is 46.0 Å². The van der Waals surface area contributed by atoms with Gasteiger partial charge in [-0.05, 0) is 56.9 Å². The normalized spacial score (nSPS) is 13.3. The average molecular weight is 411 g/mol. The van der Waals surface area contributed by atoms with Crippen molar-refractivity contribution in [2.24, 2.45) is 12.0 Å². The van der Waals surface area contributed by atoms with Gasteiger partial charge in [0.05, 0.1) is 5.69 Å². The SMILES string of the molecule is CN=C(NCCc1ccc(OC(F)(F)F)cc1)NC(C)Cc1c(C)nn(C)c1C. The number of halogens is 3. The maximum atomic E-state index is 12.2. The van der Waals surface area contributed by atoms with E-state index in [0.717, 1.165) is 23.4 Å². The van der Waals surface area contributed by atoms with E-state index in [1.54, 1.807) is 19.2 Å². The Labute approximate surface area is 169 Å². The molecule has 0 bridgehead atoms. The monoisotopic (exact) mass is 411 g/mol. The van der Waals surface area contributed by atoms with Crippen LogP contribution < -0.4 is 15.4 Å². The Kier molecular flexibility index (Phi) is 7.53. The van der Waals surface area contributed by atoms with Gasteiger partial charge < -0.3 is 15.4 Å². The molecular weight excluding hydrogens is 383 g/mol. The minimum Gasteiger partial charge on any atom is -0.406 e. The molecule has 1 aromatic heterocycles. The fraction of sp³-hybridized carbons (Fsp3) is 0.500. The van der Waals surface area contributed by atoms with Crippen molar-refractivity contribution in [1.29, 1.82) is 0 Å². The van der Waals surface area contributed by atoms with Crippen LogP contribution in [0.2, 0.25) is 0 Å². The first-order chi connectivity index (χ1) is 13.6. The van der Waals surface area contributed by atoms with Crippen molar-refractivity contribution < 1.29 is 17.9 Å². The maximum Gasteiger partial charge on any atom is 0.573 e. The molecule has 0 saturated heterocycles. The largest absolute Gasteiger partial charge is 0.573 e. The molecule has 29 heavy (non-hydrogen) atoms. The molecule has 0 aliphatic rings. The minimum absolute atomic E-state index is 0.154. The van der Waals surface area contributed by atoms with Crippen LogP contribution in [0.1, 0.15) is 29.4 Å². The van der Waals surface area contributed by atoms with Crippen LogP contribution in [0, 0.1) is 13.8 Å². The molecule has 1 unspecified atom stereocenters. The van der Waals surface area contributed by atoms with Gasteiger partial charge in [-0.2, -0.15) is 5.10 Å². The highest BCUT2D eigenvalue weighted by Gasteiger charge is 2.30. The second-order valence-corrected chi connectivity index (χ2v) is 6.96. The van der Waals surface area contributed by atoms with Crippen molar-refractivity contribution in [3.63, 3.8) is 0 Å². The lowest BCUT2D eigenvalue weighted by Crippen LogP contribution is -2.43. The van der Waals surface area contributed by atoms with Gasteiger partial charge in [-0.3, -0.25) is 9.67 Å². The minimum atomic E-state index is -4.68. The highest BCUT2D eigenvalue weighted by Crippen LogP contribution is 2.22. The lowest BCUT2D eigenvalue weighted by Gasteiger charge is -2.18. The third-order valence-electron chi connectivity index (χ3n) is 4.64. The number of aliphatic imine (C=N–C) groups is 1. The number of aryl methyl sites for hydroxylation is 2. The summed E-state index contributed by atoms with van der Waals surface area (Å²) < 4.78 is 42.4. The quantitative estimate of drug-likeness (QED) is 0.542. The van der Waals surface area contributed by atoms with Crippen LogP contribution in [0.3, 0.4) is 0 Å². The van der Waals surface area contributed by atoms with E-state index in [4.69, 9.17) is 0 Å². The molecular formula is C20H28F3N5O. The van der Waals surface area contributed by atoms with Crippen LogP contribution >= 0.6 is 0 Å². The number of alkyl halides is 3. The van der Waals surface area contributed by atoms with E-state index in [9.17, 15) is 13.2 Å². The van der Waals surface area contributed by atoms with Gasteiger partial charge in [-0.25, -0.2) is 0 Å². The molecule has 0 saturated carbocycles. The fourth-order valence-electron chi connectivity index (χ4n) is 3.08. The first kappa shape index (κ1) is 22.6. The summed E-state index contributed by atoms with van der Waals surface area (Å²) in [5.41, 5.74) is 4.30. The van der Waals surface area contributed by atoms with Crippen LogP contribution in [-0.2, 0) is 19.9 Å². The molecule has 2 N–H and O–H groups in total. The van der Waals surface area contributed by atoms with Crippen LogP contribution in [0.25, 0.3) is 0 Å². The molecule has 0 fully saturated rings. The van der Waals surface area contributed by atoms with Crippen LogP contribution in [-0.4, -0.2) is 41.7 Å². The summed E-state index contributed by atoms with van der Waals surface area (Å²) in [5.74, 6) is 0.454. The Morgan fingerprint density at radius 1 is 1.24 bits per heavy atom. The number of rotatable bonds is 7. The van der Waals surface area contributed by atoms with E-state index in [0.29, 0.717) is 18.9 Å². The zero-order valence-electron chi connectivity index (χ0n) is 17.4. The van der Waals surface area contributed by atoms with Crippen molar-refractivity contribution in [2.75, 3.05) is 13.6 Å². The highest BCUT2D eigenvalue weighted by atomic mass is 19.4. The third-order valence-corrected chi connectivity index (χ3v) is 4.64. The lowest BCUT2D eigenvalue weighted by molar-refractivity contribution is -0.274. The Balaban J connectivity index is 1.81. The molecule has 0 radical (unpaired) electrons. The van der Waals surface area contributed by atoms with Gasteiger partial charge in [-0.1, -0.05) is 12.1 Å². The molecule has 160 valence electrons. The first-order valence-electron chi connectivity index (χ1n) is 9.40. The number of hydrogen-bond donors (Lipinski definition) is 2. The molecule has 2 aromatic rings. The predicted octanol–water partition coefficient (Wildman–Crippen LogP) is 3.27. The van der Waals surface area contributed by atoms with E-state index in [1.165, 1.54) is 17.7 Å². The van der Waals surface area contributed by atoms with Gasteiger partial charge in [0, 0.05) is 32.4 Å². The van der Waals surface area contributed by atoms with Gasteiger partial charge in [-0.15, -0.1) is 13.2 Å². The fourth-order valence-corrected chi connectivity index (χ4v) is 3.08. The van der Waals surface area contributed by atoms with E-state index in [1.807, 2.05) is 18.7 Å². The predicted molar refractivity (Wildman–Crippen MR) is 107 cm³/mol. The van der Waals surface area contributed by atoms with E-state index < -0.39 is 6.36 Å². The zero-order valence-corrected chi connectivity index (χ0v) is 17.4. The maximum absolute atomic E-state index is 12.2. The van der Waals surface area contributed by atoms with Gasteiger partial charge in [0.15, 0.2) is 5.96 Å². The van der Waals surface area contributed by atoms with Crippen molar-refractivity contribution in [3.8, 4) is 5.75 Å². The molecule has 0 spiro atoms. The van der Waals surface area contributed by atoms with Crippen LogP contribution in [0.5, 0.6) is 5.75 Å². The Morgan fingerprint density at radius 3 is 2.41 bits per heavy atom. The third kappa shape index (κ3) is 6.99.